The average Bonchev–Trinajstić information content (AvgIpc) is 2.59. The van der Waals surface area contributed by atoms with Gasteiger partial charge in [0.1, 0.15) is 11.3 Å². The second-order valence-electron chi connectivity index (χ2n) is 3.58. The molecule has 0 fully saturated rings. The molecule has 0 bridgehead atoms. The van der Waals surface area contributed by atoms with Crippen molar-refractivity contribution in [3.63, 3.8) is 0 Å². The lowest BCUT2D eigenvalue weighted by Crippen LogP contribution is -2.08. The highest BCUT2D eigenvalue weighted by Crippen LogP contribution is 2.32. The van der Waals surface area contributed by atoms with Gasteiger partial charge in [0.05, 0.1) is 6.61 Å². The van der Waals surface area contributed by atoms with E-state index >= 15 is 0 Å². The zero-order chi connectivity index (χ0) is 9.54. The third kappa shape index (κ3) is 1.02. The molecule has 72 valence electrons. The molecule has 0 unspecified atom stereocenters. The second-order valence-corrected chi connectivity index (χ2v) is 3.58. The molecule has 0 saturated carbocycles. The van der Waals surface area contributed by atoms with E-state index in [-0.39, 0.29) is 0 Å². The predicted molar refractivity (Wildman–Crippen MR) is 52.6 cm³/mol. The number of benzene rings is 1. The number of nitrogens with zero attached hydrogens (tertiary/aromatic N) is 1. The number of ether oxygens (including phenoxy) is 1. The van der Waals surface area contributed by atoms with E-state index in [0.717, 1.165) is 42.2 Å². The van der Waals surface area contributed by atoms with Crippen LogP contribution < -0.4 is 4.74 Å². The molecule has 3 heteroatoms. The minimum Gasteiger partial charge on any atom is -0.493 e. The fourth-order valence-corrected chi connectivity index (χ4v) is 1.94. The van der Waals surface area contributed by atoms with Gasteiger partial charge in [-0.05, 0) is 25.0 Å². The van der Waals surface area contributed by atoms with E-state index in [4.69, 9.17) is 9.15 Å². The first-order valence-electron chi connectivity index (χ1n) is 4.86. The highest BCUT2D eigenvalue weighted by molar-refractivity contribution is 5.79. The molecule has 1 aromatic carbocycles. The van der Waals surface area contributed by atoms with Crippen LogP contribution in [-0.4, -0.2) is 11.6 Å². The Hall–Kier alpha value is -1.51. The summed E-state index contributed by atoms with van der Waals surface area (Å²) in [7, 11) is 0. The summed E-state index contributed by atoms with van der Waals surface area (Å²) in [6.07, 6.45) is 2.09. The fourth-order valence-electron chi connectivity index (χ4n) is 1.94. The number of rotatable bonds is 0. The predicted octanol–water partition coefficient (Wildman–Crippen LogP) is 2.46. The van der Waals surface area contributed by atoms with E-state index in [0.29, 0.717) is 0 Å². The van der Waals surface area contributed by atoms with Crippen LogP contribution in [0.4, 0.5) is 0 Å². The Morgan fingerprint density at radius 1 is 1.36 bits per heavy atom. The first-order valence-corrected chi connectivity index (χ1v) is 4.86. The van der Waals surface area contributed by atoms with Gasteiger partial charge in [0.15, 0.2) is 11.5 Å². The minimum atomic E-state index is 0.721. The molecule has 0 atom stereocenters. The maximum absolute atomic E-state index is 5.58. The summed E-state index contributed by atoms with van der Waals surface area (Å²) in [5.41, 5.74) is 3.01. The van der Waals surface area contributed by atoms with Crippen LogP contribution in [0.15, 0.2) is 16.5 Å². The number of aryl methyl sites for hydroxylation is 2. The van der Waals surface area contributed by atoms with Gasteiger partial charge in [0, 0.05) is 12.5 Å². The van der Waals surface area contributed by atoms with Gasteiger partial charge < -0.3 is 9.15 Å². The monoisotopic (exact) mass is 189 g/mol. The summed E-state index contributed by atoms with van der Waals surface area (Å²) < 4.78 is 11.1. The maximum Gasteiger partial charge on any atom is 0.192 e. The largest absolute Gasteiger partial charge is 0.493 e. The molecule has 0 aliphatic carbocycles. The summed E-state index contributed by atoms with van der Waals surface area (Å²) in [5, 5.41) is 0. The summed E-state index contributed by atoms with van der Waals surface area (Å²) in [6, 6.07) is 3.94. The van der Waals surface area contributed by atoms with Crippen LogP contribution in [0.1, 0.15) is 17.9 Å². The Balaban J connectivity index is 2.33. The Labute approximate surface area is 81.7 Å². The van der Waals surface area contributed by atoms with Gasteiger partial charge in [0.25, 0.3) is 0 Å². The summed E-state index contributed by atoms with van der Waals surface area (Å²) in [4.78, 5) is 4.30. The normalized spacial score (nSPS) is 15.2. The zero-order valence-corrected chi connectivity index (χ0v) is 8.04. The SMILES string of the molecule is Cc1nc2ccc3c(c2o1)CCCO3. The van der Waals surface area contributed by atoms with Crippen LogP contribution in [0.5, 0.6) is 5.75 Å². The lowest BCUT2D eigenvalue weighted by atomic mass is 10.1. The topological polar surface area (TPSA) is 35.3 Å². The quantitative estimate of drug-likeness (QED) is 0.638. The van der Waals surface area contributed by atoms with Crippen molar-refractivity contribution in [2.45, 2.75) is 19.8 Å². The molecule has 0 saturated heterocycles. The smallest absolute Gasteiger partial charge is 0.192 e. The van der Waals surface area contributed by atoms with Gasteiger partial charge in [0.2, 0.25) is 0 Å². The molecule has 0 spiro atoms. The first kappa shape index (κ1) is 7.85. The van der Waals surface area contributed by atoms with Crippen molar-refractivity contribution >= 4 is 11.1 Å². The molecule has 1 aliphatic heterocycles. The van der Waals surface area contributed by atoms with Gasteiger partial charge in [-0.3, -0.25) is 0 Å². The van der Waals surface area contributed by atoms with E-state index in [1.807, 2.05) is 19.1 Å². The molecule has 14 heavy (non-hydrogen) atoms. The third-order valence-corrected chi connectivity index (χ3v) is 2.55. The summed E-state index contributed by atoms with van der Waals surface area (Å²) >= 11 is 0. The van der Waals surface area contributed by atoms with Crippen LogP contribution in [0, 0.1) is 6.92 Å². The van der Waals surface area contributed by atoms with Gasteiger partial charge in [-0.2, -0.15) is 0 Å². The van der Waals surface area contributed by atoms with Crippen molar-refractivity contribution in [3.8, 4) is 5.75 Å². The minimum absolute atomic E-state index is 0.721. The summed E-state index contributed by atoms with van der Waals surface area (Å²) in [6.45, 7) is 2.68. The molecule has 3 nitrogen and oxygen atoms in total. The van der Waals surface area contributed by atoms with Gasteiger partial charge in [-0.1, -0.05) is 0 Å². The molecular weight excluding hydrogens is 178 g/mol. The Morgan fingerprint density at radius 3 is 3.21 bits per heavy atom. The molecule has 1 aliphatic rings. The number of fused-ring (bicyclic) bond motifs is 3. The Kier molecular flexibility index (Phi) is 1.54. The van der Waals surface area contributed by atoms with E-state index in [9.17, 15) is 0 Å². The van der Waals surface area contributed by atoms with E-state index in [1.54, 1.807) is 0 Å². The van der Waals surface area contributed by atoms with E-state index < -0.39 is 0 Å². The second kappa shape index (κ2) is 2.74. The Bertz CT molecular complexity index is 487. The van der Waals surface area contributed by atoms with Crippen LogP contribution >= 0.6 is 0 Å². The maximum atomic E-state index is 5.58. The lowest BCUT2D eigenvalue weighted by Gasteiger charge is -2.16. The molecule has 2 aromatic rings. The average molecular weight is 189 g/mol. The summed E-state index contributed by atoms with van der Waals surface area (Å²) in [5.74, 6) is 1.68. The molecule has 1 aromatic heterocycles. The fraction of sp³-hybridized carbons (Fsp3) is 0.364. The van der Waals surface area contributed by atoms with Crippen molar-refractivity contribution in [3.05, 3.63) is 23.6 Å². The third-order valence-electron chi connectivity index (χ3n) is 2.55. The Morgan fingerprint density at radius 2 is 2.29 bits per heavy atom. The van der Waals surface area contributed by atoms with Crippen LogP contribution in [-0.2, 0) is 6.42 Å². The van der Waals surface area contributed by atoms with Crippen LogP contribution in [0.25, 0.3) is 11.1 Å². The van der Waals surface area contributed by atoms with E-state index in [2.05, 4.69) is 4.98 Å². The van der Waals surface area contributed by atoms with E-state index in [1.165, 1.54) is 5.56 Å². The molecule has 2 heterocycles. The molecule has 0 amide bonds. The van der Waals surface area contributed by atoms with Crippen LogP contribution in [0.2, 0.25) is 0 Å². The standard InChI is InChI=1S/C11H11NO2/c1-7-12-9-4-5-10-8(11(9)14-7)3-2-6-13-10/h4-5H,2-3,6H2,1H3. The number of hydrogen-bond acceptors (Lipinski definition) is 3. The van der Waals surface area contributed by atoms with Crippen LogP contribution in [0.3, 0.4) is 0 Å². The molecular formula is C11H11NO2. The van der Waals surface area contributed by atoms with Crippen molar-refractivity contribution < 1.29 is 9.15 Å². The lowest BCUT2D eigenvalue weighted by molar-refractivity contribution is 0.288. The zero-order valence-electron chi connectivity index (χ0n) is 8.04. The molecule has 3 rings (SSSR count). The van der Waals surface area contributed by atoms with Crippen molar-refractivity contribution in [1.29, 1.82) is 0 Å². The highest BCUT2D eigenvalue weighted by atomic mass is 16.5. The number of oxazole rings is 1. The molecule has 0 N–H and O–H groups in total. The van der Waals surface area contributed by atoms with Gasteiger partial charge in [-0.25, -0.2) is 4.98 Å². The van der Waals surface area contributed by atoms with Crippen molar-refractivity contribution in [2.75, 3.05) is 6.61 Å². The van der Waals surface area contributed by atoms with Crippen molar-refractivity contribution in [1.82, 2.24) is 4.98 Å². The van der Waals surface area contributed by atoms with Crippen molar-refractivity contribution in [2.24, 2.45) is 0 Å². The number of hydrogen-bond donors (Lipinski definition) is 0. The van der Waals surface area contributed by atoms with Gasteiger partial charge >= 0.3 is 0 Å². The molecule has 0 radical (unpaired) electrons. The highest BCUT2D eigenvalue weighted by Gasteiger charge is 2.16. The van der Waals surface area contributed by atoms with Gasteiger partial charge in [-0.15, -0.1) is 0 Å². The first-order chi connectivity index (χ1) is 6.84. The number of aromatic nitrogens is 1.